The first kappa shape index (κ1) is 18.2. The SMILES string of the molecule is C=C/C=C(\N=C(/C)Nc1ccc(S(N)(=O)=O)cc1)N1CCCCC1. The minimum atomic E-state index is -3.67. The van der Waals surface area contributed by atoms with Crippen LogP contribution in [0.4, 0.5) is 5.69 Å². The molecular weight excluding hydrogens is 324 g/mol. The van der Waals surface area contributed by atoms with Crippen LogP contribution in [0.2, 0.25) is 0 Å². The number of sulfonamides is 1. The van der Waals surface area contributed by atoms with Gasteiger partial charge in [0.2, 0.25) is 10.0 Å². The summed E-state index contributed by atoms with van der Waals surface area (Å²) < 4.78 is 22.5. The molecule has 24 heavy (non-hydrogen) atoms. The van der Waals surface area contributed by atoms with Crippen molar-refractivity contribution in [1.82, 2.24) is 4.90 Å². The molecular formula is C17H24N4O2S. The standard InChI is InChI=1S/C17H24N4O2S/c1-3-7-17(21-12-5-4-6-13-21)20-14(2)19-15-8-10-16(11-9-15)24(18,22)23/h3,7-11H,1,4-6,12-13H2,2H3,(H,19,20)(H2,18,22,23)/b17-7+. The fourth-order valence-electron chi connectivity index (χ4n) is 2.58. The first-order valence-corrected chi connectivity index (χ1v) is 9.47. The number of primary sulfonamides is 1. The lowest BCUT2D eigenvalue weighted by Gasteiger charge is -2.29. The summed E-state index contributed by atoms with van der Waals surface area (Å²) in [7, 11) is -3.67. The summed E-state index contributed by atoms with van der Waals surface area (Å²) in [5, 5.41) is 8.26. The van der Waals surface area contributed by atoms with E-state index in [0.717, 1.165) is 30.4 Å². The quantitative estimate of drug-likeness (QED) is 0.486. The number of anilines is 1. The molecule has 1 aromatic carbocycles. The molecule has 1 aromatic rings. The molecule has 1 heterocycles. The Balaban J connectivity index is 2.11. The first-order chi connectivity index (χ1) is 11.4. The van der Waals surface area contributed by atoms with Crippen molar-refractivity contribution in [3.8, 4) is 0 Å². The van der Waals surface area contributed by atoms with Crippen LogP contribution in [-0.4, -0.2) is 32.2 Å². The molecule has 1 aliphatic rings. The summed E-state index contributed by atoms with van der Waals surface area (Å²) in [6.07, 6.45) is 7.24. The summed E-state index contributed by atoms with van der Waals surface area (Å²) in [5.41, 5.74) is 0.750. The van der Waals surface area contributed by atoms with E-state index in [0.29, 0.717) is 0 Å². The number of aliphatic imine (C=N–C) groups is 1. The number of nitrogens with two attached hydrogens (primary N) is 1. The van der Waals surface area contributed by atoms with Crippen LogP contribution in [-0.2, 0) is 10.0 Å². The predicted octanol–water partition coefficient (Wildman–Crippen LogP) is 2.68. The van der Waals surface area contributed by atoms with Crippen LogP contribution < -0.4 is 10.5 Å². The number of hydrogen-bond donors (Lipinski definition) is 2. The first-order valence-electron chi connectivity index (χ1n) is 7.93. The van der Waals surface area contributed by atoms with Crippen LogP contribution in [0.15, 0.2) is 58.7 Å². The molecule has 1 fully saturated rings. The number of nitrogens with zero attached hydrogens (tertiary/aromatic N) is 2. The normalized spacial score (nSPS) is 16.8. The second-order valence-corrected chi connectivity index (χ2v) is 7.26. The maximum atomic E-state index is 11.3. The Bertz CT molecular complexity index is 730. The summed E-state index contributed by atoms with van der Waals surface area (Å²) in [6.45, 7) is 7.63. The Morgan fingerprint density at radius 3 is 2.42 bits per heavy atom. The van der Waals surface area contributed by atoms with Gasteiger partial charge in [0.25, 0.3) is 0 Å². The maximum absolute atomic E-state index is 11.3. The van der Waals surface area contributed by atoms with E-state index in [4.69, 9.17) is 5.14 Å². The molecule has 0 amide bonds. The van der Waals surface area contributed by atoms with Crippen molar-refractivity contribution < 1.29 is 8.42 Å². The molecule has 130 valence electrons. The average Bonchev–Trinajstić information content (AvgIpc) is 2.55. The van der Waals surface area contributed by atoms with E-state index in [9.17, 15) is 8.42 Å². The second-order valence-electron chi connectivity index (χ2n) is 5.70. The highest BCUT2D eigenvalue weighted by Gasteiger charge is 2.13. The van der Waals surface area contributed by atoms with Crippen molar-refractivity contribution in [2.75, 3.05) is 18.4 Å². The fourth-order valence-corrected chi connectivity index (χ4v) is 3.09. The molecule has 0 aliphatic carbocycles. The van der Waals surface area contributed by atoms with E-state index >= 15 is 0 Å². The van der Waals surface area contributed by atoms with Crippen molar-refractivity contribution in [3.05, 3.63) is 48.8 Å². The Labute approximate surface area is 143 Å². The number of hydrogen-bond acceptors (Lipinski definition) is 4. The highest BCUT2D eigenvalue weighted by atomic mass is 32.2. The fraction of sp³-hybridized carbons (Fsp3) is 0.353. The van der Waals surface area contributed by atoms with Crippen molar-refractivity contribution in [3.63, 3.8) is 0 Å². The summed E-state index contributed by atoms with van der Waals surface area (Å²) >= 11 is 0. The molecule has 7 heteroatoms. The average molecular weight is 348 g/mol. The van der Waals surface area contributed by atoms with Gasteiger partial charge in [0.1, 0.15) is 11.7 Å². The molecule has 0 bridgehead atoms. The number of allylic oxidation sites excluding steroid dienone is 2. The van der Waals surface area contributed by atoms with E-state index in [1.807, 2.05) is 13.0 Å². The highest BCUT2D eigenvalue weighted by molar-refractivity contribution is 7.89. The summed E-state index contributed by atoms with van der Waals surface area (Å²) in [6, 6.07) is 6.26. The van der Waals surface area contributed by atoms with Gasteiger partial charge < -0.3 is 10.2 Å². The van der Waals surface area contributed by atoms with Gasteiger partial charge in [0, 0.05) is 18.8 Å². The lowest BCUT2D eigenvalue weighted by molar-refractivity contribution is 0.283. The summed E-state index contributed by atoms with van der Waals surface area (Å²) in [5.74, 6) is 1.60. The van der Waals surface area contributed by atoms with Crippen LogP contribution in [0.5, 0.6) is 0 Å². The third kappa shape index (κ3) is 5.21. The van der Waals surface area contributed by atoms with Gasteiger partial charge in [-0.2, -0.15) is 0 Å². The number of benzene rings is 1. The molecule has 0 atom stereocenters. The number of rotatable bonds is 5. The van der Waals surface area contributed by atoms with Gasteiger partial charge in [0.05, 0.1) is 4.90 Å². The second kappa shape index (κ2) is 8.12. The smallest absolute Gasteiger partial charge is 0.238 e. The highest BCUT2D eigenvalue weighted by Crippen LogP contribution is 2.17. The van der Waals surface area contributed by atoms with Crippen molar-refractivity contribution in [2.24, 2.45) is 10.1 Å². The molecule has 6 nitrogen and oxygen atoms in total. The Hall–Kier alpha value is -2.12. The van der Waals surface area contributed by atoms with Crippen LogP contribution in [0, 0.1) is 0 Å². The maximum Gasteiger partial charge on any atom is 0.238 e. The molecule has 3 N–H and O–H groups in total. The largest absolute Gasteiger partial charge is 0.357 e. The van der Waals surface area contributed by atoms with Crippen molar-refractivity contribution >= 4 is 21.5 Å². The van der Waals surface area contributed by atoms with E-state index in [1.54, 1.807) is 18.2 Å². The Morgan fingerprint density at radius 2 is 1.88 bits per heavy atom. The molecule has 0 unspecified atom stereocenters. The Kier molecular flexibility index (Phi) is 6.16. The van der Waals surface area contributed by atoms with Gasteiger partial charge in [-0.05, 0) is 56.5 Å². The molecule has 0 aromatic heterocycles. The zero-order valence-corrected chi connectivity index (χ0v) is 14.7. The number of amidine groups is 1. The third-order valence-corrected chi connectivity index (χ3v) is 4.67. The van der Waals surface area contributed by atoms with E-state index < -0.39 is 10.0 Å². The Morgan fingerprint density at radius 1 is 1.25 bits per heavy atom. The minimum Gasteiger partial charge on any atom is -0.357 e. The van der Waals surface area contributed by atoms with Crippen LogP contribution in [0.1, 0.15) is 26.2 Å². The van der Waals surface area contributed by atoms with Gasteiger partial charge in [-0.3, -0.25) is 0 Å². The topological polar surface area (TPSA) is 87.8 Å². The van der Waals surface area contributed by atoms with E-state index in [1.165, 1.54) is 31.4 Å². The molecule has 1 aliphatic heterocycles. The van der Waals surface area contributed by atoms with Crippen LogP contribution in [0.3, 0.4) is 0 Å². The van der Waals surface area contributed by atoms with Crippen molar-refractivity contribution in [1.29, 1.82) is 0 Å². The van der Waals surface area contributed by atoms with Gasteiger partial charge >= 0.3 is 0 Å². The van der Waals surface area contributed by atoms with E-state index in [-0.39, 0.29) is 4.90 Å². The molecule has 2 rings (SSSR count). The molecule has 0 saturated carbocycles. The molecule has 0 spiro atoms. The van der Waals surface area contributed by atoms with Crippen molar-refractivity contribution in [2.45, 2.75) is 31.1 Å². The zero-order valence-electron chi connectivity index (χ0n) is 13.9. The van der Waals surface area contributed by atoms with Gasteiger partial charge in [-0.25, -0.2) is 18.5 Å². The predicted molar refractivity (Wildman–Crippen MR) is 98.3 cm³/mol. The summed E-state index contributed by atoms with van der Waals surface area (Å²) in [4.78, 5) is 6.97. The number of nitrogens with one attached hydrogen (secondary N) is 1. The lowest BCUT2D eigenvalue weighted by Crippen LogP contribution is -2.29. The zero-order chi connectivity index (χ0) is 17.6. The van der Waals surface area contributed by atoms with Gasteiger partial charge in [-0.1, -0.05) is 12.7 Å². The minimum absolute atomic E-state index is 0.0863. The molecule has 0 radical (unpaired) electrons. The monoisotopic (exact) mass is 348 g/mol. The number of likely N-dealkylation sites (tertiary alicyclic amines) is 1. The van der Waals surface area contributed by atoms with E-state index in [2.05, 4.69) is 21.8 Å². The lowest BCUT2D eigenvalue weighted by atomic mass is 10.1. The third-order valence-electron chi connectivity index (χ3n) is 3.74. The van der Waals surface area contributed by atoms with Gasteiger partial charge in [0.15, 0.2) is 0 Å². The van der Waals surface area contributed by atoms with Crippen LogP contribution in [0.25, 0.3) is 0 Å². The number of piperidine rings is 1. The van der Waals surface area contributed by atoms with Gasteiger partial charge in [-0.15, -0.1) is 0 Å². The van der Waals surface area contributed by atoms with Crippen LogP contribution >= 0.6 is 0 Å². The molecule has 1 saturated heterocycles.